The molecule has 118 valence electrons. The van der Waals surface area contributed by atoms with Gasteiger partial charge in [0.15, 0.2) is 0 Å². The second-order valence-corrected chi connectivity index (χ2v) is 6.31. The zero-order valence-electron chi connectivity index (χ0n) is 13.2. The lowest BCUT2D eigenvalue weighted by Crippen LogP contribution is -2.16. The maximum absolute atomic E-state index is 12.7. The fraction of sp³-hybridized carbons (Fsp3) is 0.250. The fourth-order valence-corrected chi connectivity index (χ4v) is 2.86. The number of hydrogen-bond acceptors (Lipinski definition) is 6. The Morgan fingerprint density at radius 2 is 2.04 bits per heavy atom. The van der Waals surface area contributed by atoms with Gasteiger partial charge >= 0.3 is 0 Å². The summed E-state index contributed by atoms with van der Waals surface area (Å²) < 4.78 is 0. The van der Waals surface area contributed by atoms with E-state index in [9.17, 15) is 4.79 Å². The van der Waals surface area contributed by atoms with Crippen LogP contribution in [-0.4, -0.2) is 35.2 Å². The third-order valence-corrected chi connectivity index (χ3v) is 4.38. The summed E-state index contributed by atoms with van der Waals surface area (Å²) in [5.41, 5.74) is 1.36. The third-order valence-electron chi connectivity index (χ3n) is 3.40. The second kappa shape index (κ2) is 6.29. The minimum absolute atomic E-state index is 0.203. The SMILES string of the molecule is CCc1nnc(NC(=O)c2cc(N(C)C)nc3ccccc23)s1. The molecule has 1 amide bonds. The summed E-state index contributed by atoms with van der Waals surface area (Å²) in [6, 6.07) is 9.40. The van der Waals surface area contributed by atoms with E-state index in [-0.39, 0.29) is 5.91 Å². The van der Waals surface area contributed by atoms with Gasteiger partial charge in [-0.25, -0.2) is 4.98 Å². The Labute approximate surface area is 138 Å². The maximum Gasteiger partial charge on any atom is 0.258 e. The smallest absolute Gasteiger partial charge is 0.258 e. The average molecular weight is 327 g/mol. The number of rotatable bonds is 4. The molecule has 0 fully saturated rings. The number of nitrogens with one attached hydrogen (secondary N) is 1. The number of anilines is 2. The lowest BCUT2D eigenvalue weighted by atomic mass is 10.1. The zero-order chi connectivity index (χ0) is 16.4. The zero-order valence-corrected chi connectivity index (χ0v) is 14.0. The molecule has 6 nitrogen and oxygen atoms in total. The number of pyridine rings is 1. The van der Waals surface area contributed by atoms with Gasteiger partial charge in [0.25, 0.3) is 5.91 Å². The van der Waals surface area contributed by atoms with E-state index in [4.69, 9.17) is 0 Å². The normalized spacial score (nSPS) is 10.7. The minimum atomic E-state index is -0.203. The van der Waals surface area contributed by atoms with Crippen LogP contribution in [0.4, 0.5) is 10.9 Å². The van der Waals surface area contributed by atoms with E-state index in [1.54, 1.807) is 6.07 Å². The Balaban J connectivity index is 2.01. The summed E-state index contributed by atoms with van der Waals surface area (Å²) in [4.78, 5) is 19.1. The molecule has 0 saturated carbocycles. The van der Waals surface area contributed by atoms with Gasteiger partial charge in [-0.3, -0.25) is 10.1 Å². The van der Waals surface area contributed by atoms with E-state index in [0.29, 0.717) is 10.7 Å². The molecule has 0 spiro atoms. The van der Waals surface area contributed by atoms with Gasteiger partial charge in [0.1, 0.15) is 10.8 Å². The number of aryl methyl sites for hydroxylation is 1. The molecule has 7 heteroatoms. The molecule has 2 heterocycles. The molecule has 0 aliphatic rings. The van der Waals surface area contributed by atoms with Crippen molar-refractivity contribution in [3.8, 4) is 0 Å². The van der Waals surface area contributed by atoms with Crippen LogP contribution in [0.15, 0.2) is 30.3 Å². The third kappa shape index (κ3) is 3.14. The van der Waals surface area contributed by atoms with Gasteiger partial charge in [-0.1, -0.05) is 36.5 Å². The molecule has 0 aliphatic carbocycles. The lowest BCUT2D eigenvalue weighted by molar-refractivity contribution is 0.102. The van der Waals surface area contributed by atoms with E-state index < -0.39 is 0 Å². The average Bonchev–Trinajstić information content (AvgIpc) is 3.01. The Hall–Kier alpha value is -2.54. The summed E-state index contributed by atoms with van der Waals surface area (Å²) in [7, 11) is 3.80. The van der Waals surface area contributed by atoms with Crippen molar-refractivity contribution in [1.29, 1.82) is 0 Å². The van der Waals surface area contributed by atoms with Crippen molar-refractivity contribution in [3.05, 3.63) is 40.9 Å². The second-order valence-electron chi connectivity index (χ2n) is 5.25. The first kappa shape index (κ1) is 15.4. The first-order valence-corrected chi connectivity index (χ1v) is 8.11. The number of hydrogen-bond donors (Lipinski definition) is 1. The molecule has 0 saturated heterocycles. The molecule has 0 atom stereocenters. The first-order valence-electron chi connectivity index (χ1n) is 7.29. The van der Waals surface area contributed by atoms with Crippen LogP contribution in [0.1, 0.15) is 22.3 Å². The monoisotopic (exact) mass is 327 g/mol. The number of benzene rings is 1. The number of nitrogens with zero attached hydrogens (tertiary/aromatic N) is 4. The highest BCUT2D eigenvalue weighted by molar-refractivity contribution is 7.15. The molecule has 3 rings (SSSR count). The lowest BCUT2D eigenvalue weighted by Gasteiger charge is -2.14. The van der Waals surface area contributed by atoms with Crippen LogP contribution in [0, 0.1) is 0 Å². The molecule has 1 aromatic carbocycles. The fourth-order valence-electron chi connectivity index (χ4n) is 2.19. The Morgan fingerprint density at radius 3 is 2.74 bits per heavy atom. The van der Waals surface area contributed by atoms with Gasteiger partial charge in [-0.15, -0.1) is 10.2 Å². The molecule has 0 aliphatic heterocycles. The number of carbonyl (C=O) groups excluding carboxylic acids is 1. The summed E-state index contributed by atoms with van der Waals surface area (Å²) in [6.07, 6.45) is 0.802. The maximum atomic E-state index is 12.7. The van der Waals surface area contributed by atoms with Gasteiger partial charge in [0.2, 0.25) is 5.13 Å². The number of amides is 1. The van der Waals surface area contributed by atoms with E-state index in [0.717, 1.165) is 28.1 Å². The van der Waals surface area contributed by atoms with Gasteiger partial charge in [0, 0.05) is 19.5 Å². The predicted molar refractivity (Wildman–Crippen MR) is 93.3 cm³/mol. The Bertz CT molecular complexity index is 859. The summed E-state index contributed by atoms with van der Waals surface area (Å²) in [6.45, 7) is 2.01. The van der Waals surface area contributed by atoms with E-state index >= 15 is 0 Å². The van der Waals surface area contributed by atoms with Crippen LogP contribution in [0.25, 0.3) is 10.9 Å². The van der Waals surface area contributed by atoms with Crippen molar-refractivity contribution in [2.24, 2.45) is 0 Å². The molecule has 0 radical (unpaired) electrons. The summed E-state index contributed by atoms with van der Waals surface area (Å²) >= 11 is 1.39. The first-order chi connectivity index (χ1) is 11.1. The van der Waals surface area contributed by atoms with Crippen molar-refractivity contribution in [1.82, 2.24) is 15.2 Å². The molecule has 23 heavy (non-hydrogen) atoms. The molecule has 0 bridgehead atoms. The molecule has 1 N–H and O–H groups in total. The summed E-state index contributed by atoms with van der Waals surface area (Å²) in [5, 5.41) is 13.1. The Kier molecular flexibility index (Phi) is 4.20. The quantitative estimate of drug-likeness (QED) is 0.797. The van der Waals surface area contributed by atoms with E-state index in [1.165, 1.54) is 11.3 Å². The molecule has 0 unspecified atom stereocenters. The van der Waals surface area contributed by atoms with Gasteiger partial charge in [-0.05, 0) is 18.6 Å². The number of carbonyl (C=O) groups is 1. The predicted octanol–water partition coefficient (Wildman–Crippen LogP) is 2.97. The molecule has 3 aromatic rings. The van der Waals surface area contributed by atoms with Crippen molar-refractivity contribution in [2.45, 2.75) is 13.3 Å². The van der Waals surface area contributed by atoms with Crippen LogP contribution in [0.3, 0.4) is 0 Å². The Morgan fingerprint density at radius 1 is 1.26 bits per heavy atom. The van der Waals surface area contributed by atoms with Crippen molar-refractivity contribution < 1.29 is 4.79 Å². The highest BCUT2D eigenvalue weighted by Crippen LogP contribution is 2.24. The largest absolute Gasteiger partial charge is 0.363 e. The van der Waals surface area contributed by atoms with Gasteiger partial charge in [-0.2, -0.15) is 0 Å². The van der Waals surface area contributed by atoms with Crippen LogP contribution in [0.2, 0.25) is 0 Å². The van der Waals surface area contributed by atoms with Crippen LogP contribution in [0.5, 0.6) is 0 Å². The van der Waals surface area contributed by atoms with Crippen molar-refractivity contribution in [2.75, 3.05) is 24.3 Å². The topological polar surface area (TPSA) is 71.0 Å². The summed E-state index contributed by atoms with van der Waals surface area (Å²) in [5.74, 6) is 0.533. The highest BCUT2D eigenvalue weighted by atomic mass is 32.1. The highest BCUT2D eigenvalue weighted by Gasteiger charge is 2.15. The van der Waals surface area contributed by atoms with Gasteiger partial charge < -0.3 is 4.90 Å². The number of para-hydroxylation sites is 1. The van der Waals surface area contributed by atoms with E-state index in [1.807, 2.05) is 50.2 Å². The molecule has 2 aromatic heterocycles. The van der Waals surface area contributed by atoms with Gasteiger partial charge in [0.05, 0.1) is 11.1 Å². The number of fused-ring (bicyclic) bond motifs is 1. The standard InChI is InChI=1S/C16H17N5OS/c1-4-14-19-20-16(23-14)18-15(22)11-9-13(21(2)3)17-12-8-6-5-7-10(11)12/h5-9H,4H2,1-3H3,(H,18,20,22). The van der Waals surface area contributed by atoms with Crippen LogP contribution >= 0.6 is 11.3 Å². The van der Waals surface area contributed by atoms with Crippen molar-refractivity contribution >= 4 is 39.1 Å². The van der Waals surface area contributed by atoms with E-state index in [2.05, 4.69) is 20.5 Å². The van der Waals surface area contributed by atoms with Crippen molar-refractivity contribution in [3.63, 3.8) is 0 Å². The minimum Gasteiger partial charge on any atom is -0.363 e. The number of aromatic nitrogens is 3. The molecular weight excluding hydrogens is 310 g/mol. The molecular formula is C16H17N5OS. The van der Waals surface area contributed by atoms with Crippen LogP contribution < -0.4 is 10.2 Å². The van der Waals surface area contributed by atoms with Crippen LogP contribution in [-0.2, 0) is 6.42 Å².